The summed E-state index contributed by atoms with van der Waals surface area (Å²) in [5.74, 6) is 0. The molecule has 0 aromatic heterocycles. The fourth-order valence-corrected chi connectivity index (χ4v) is 1.51. The SMILES string of the molecule is CC(C)NC(=O)NCC(O)c1ccc(C(F)(F)F)cc1. The van der Waals surface area contributed by atoms with E-state index in [9.17, 15) is 23.1 Å². The molecule has 1 aromatic rings. The second-order valence-corrected chi connectivity index (χ2v) is 4.64. The van der Waals surface area contributed by atoms with Gasteiger partial charge in [0.2, 0.25) is 0 Å². The van der Waals surface area contributed by atoms with Crippen LogP contribution >= 0.6 is 0 Å². The molecule has 20 heavy (non-hydrogen) atoms. The second-order valence-electron chi connectivity index (χ2n) is 4.64. The number of carbonyl (C=O) groups excluding carboxylic acids is 1. The van der Waals surface area contributed by atoms with E-state index in [1.165, 1.54) is 12.1 Å². The van der Waals surface area contributed by atoms with E-state index < -0.39 is 23.9 Å². The van der Waals surface area contributed by atoms with Crippen molar-refractivity contribution in [1.29, 1.82) is 0 Å². The minimum absolute atomic E-state index is 0.0433. The van der Waals surface area contributed by atoms with Gasteiger partial charge >= 0.3 is 12.2 Å². The Morgan fingerprint density at radius 3 is 2.25 bits per heavy atom. The van der Waals surface area contributed by atoms with Crippen molar-refractivity contribution in [1.82, 2.24) is 10.6 Å². The Kier molecular flexibility index (Phi) is 5.38. The van der Waals surface area contributed by atoms with Crippen molar-refractivity contribution in [3.63, 3.8) is 0 Å². The maximum atomic E-state index is 12.4. The summed E-state index contributed by atoms with van der Waals surface area (Å²) in [6.45, 7) is 3.49. The number of rotatable bonds is 4. The number of amides is 2. The number of hydrogen-bond donors (Lipinski definition) is 3. The number of hydrogen-bond acceptors (Lipinski definition) is 2. The molecule has 0 radical (unpaired) electrons. The van der Waals surface area contributed by atoms with Gasteiger partial charge in [-0.05, 0) is 31.5 Å². The average molecular weight is 290 g/mol. The summed E-state index contributed by atoms with van der Waals surface area (Å²) in [7, 11) is 0. The van der Waals surface area contributed by atoms with Crippen LogP contribution in [0.1, 0.15) is 31.1 Å². The molecule has 2 amide bonds. The molecule has 3 N–H and O–H groups in total. The van der Waals surface area contributed by atoms with Crippen LogP contribution in [0.25, 0.3) is 0 Å². The van der Waals surface area contributed by atoms with Crippen molar-refractivity contribution in [2.45, 2.75) is 32.2 Å². The molecule has 0 aliphatic heterocycles. The predicted molar refractivity (Wildman–Crippen MR) is 68.1 cm³/mol. The van der Waals surface area contributed by atoms with E-state index in [0.29, 0.717) is 5.56 Å². The number of carbonyl (C=O) groups is 1. The summed E-state index contributed by atoms with van der Waals surface area (Å²) in [5, 5.41) is 14.8. The fourth-order valence-electron chi connectivity index (χ4n) is 1.51. The lowest BCUT2D eigenvalue weighted by molar-refractivity contribution is -0.137. The van der Waals surface area contributed by atoms with Gasteiger partial charge in [0.1, 0.15) is 0 Å². The maximum Gasteiger partial charge on any atom is 0.416 e. The minimum atomic E-state index is -4.40. The number of aliphatic hydroxyl groups excluding tert-OH is 1. The van der Waals surface area contributed by atoms with Crippen LogP contribution < -0.4 is 10.6 Å². The zero-order valence-corrected chi connectivity index (χ0v) is 11.2. The number of halogens is 3. The Morgan fingerprint density at radius 1 is 1.25 bits per heavy atom. The Labute approximate surface area is 115 Å². The number of alkyl halides is 3. The lowest BCUT2D eigenvalue weighted by Crippen LogP contribution is -2.41. The van der Waals surface area contributed by atoms with Gasteiger partial charge in [-0.25, -0.2) is 4.79 Å². The maximum absolute atomic E-state index is 12.4. The van der Waals surface area contributed by atoms with Crippen LogP contribution in [0.3, 0.4) is 0 Å². The first-order valence-corrected chi connectivity index (χ1v) is 6.09. The van der Waals surface area contributed by atoms with Crippen molar-refractivity contribution in [2.24, 2.45) is 0 Å². The fraction of sp³-hybridized carbons (Fsp3) is 0.462. The van der Waals surface area contributed by atoms with Crippen LogP contribution in [0.2, 0.25) is 0 Å². The van der Waals surface area contributed by atoms with E-state index in [1.54, 1.807) is 13.8 Å². The third kappa shape index (κ3) is 5.08. The molecule has 0 saturated carbocycles. The van der Waals surface area contributed by atoms with Crippen LogP contribution in [0.4, 0.5) is 18.0 Å². The summed E-state index contributed by atoms with van der Waals surface area (Å²) in [6.07, 6.45) is -5.46. The molecule has 0 heterocycles. The summed E-state index contributed by atoms with van der Waals surface area (Å²) in [5.41, 5.74) is -0.471. The highest BCUT2D eigenvalue weighted by Crippen LogP contribution is 2.29. The van der Waals surface area contributed by atoms with Crippen LogP contribution in [-0.4, -0.2) is 23.7 Å². The normalized spacial score (nSPS) is 13.2. The van der Waals surface area contributed by atoms with Gasteiger partial charge in [0, 0.05) is 12.6 Å². The van der Waals surface area contributed by atoms with E-state index in [1.807, 2.05) is 0 Å². The highest BCUT2D eigenvalue weighted by molar-refractivity contribution is 5.74. The molecule has 0 spiro atoms. The second kappa shape index (κ2) is 6.60. The van der Waals surface area contributed by atoms with Crippen molar-refractivity contribution in [3.8, 4) is 0 Å². The number of urea groups is 1. The lowest BCUT2D eigenvalue weighted by atomic mass is 10.1. The van der Waals surface area contributed by atoms with Crippen LogP contribution in [-0.2, 0) is 6.18 Å². The highest BCUT2D eigenvalue weighted by Gasteiger charge is 2.30. The zero-order valence-electron chi connectivity index (χ0n) is 11.2. The van der Waals surface area contributed by atoms with Crippen molar-refractivity contribution >= 4 is 6.03 Å². The van der Waals surface area contributed by atoms with Gasteiger partial charge in [0.15, 0.2) is 0 Å². The molecule has 1 aromatic carbocycles. The van der Waals surface area contributed by atoms with Crippen LogP contribution in [0.5, 0.6) is 0 Å². The Hall–Kier alpha value is -1.76. The van der Waals surface area contributed by atoms with E-state index in [0.717, 1.165) is 12.1 Å². The van der Waals surface area contributed by atoms with Crippen LogP contribution in [0.15, 0.2) is 24.3 Å². The molecule has 1 unspecified atom stereocenters. The largest absolute Gasteiger partial charge is 0.416 e. The van der Waals surface area contributed by atoms with Gasteiger partial charge in [0.05, 0.1) is 11.7 Å². The number of benzene rings is 1. The molecule has 0 fully saturated rings. The molecule has 4 nitrogen and oxygen atoms in total. The minimum Gasteiger partial charge on any atom is -0.387 e. The summed E-state index contributed by atoms with van der Waals surface area (Å²) in [6, 6.07) is 3.69. The lowest BCUT2D eigenvalue weighted by Gasteiger charge is -2.15. The molecule has 1 rings (SSSR count). The third-order valence-electron chi connectivity index (χ3n) is 2.50. The first-order chi connectivity index (χ1) is 9.20. The molecule has 7 heteroatoms. The summed E-state index contributed by atoms with van der Waals surface area (Å²) < 4.78 is 37.1. The van der Waals surface area contributed by atoms with E-state index >= 15 is 0 Å². The zero-order chi connectivity index (χ0) is 15.3. The quantitative estimate of drug-likeness (QED) is 0.797. The van der Waals surface area contributed by atoms with Gasteiger partial charge in [-0.3, -0.25) is 0 Å². The summed E-state index contributed by atoms with van der Waals surface area (Å²) in [4.78, 5) is 11.3. The standard InChI is InChI=1S/C13H17F3N2O2/c1-8(2)18-12(20)17-7-11(19)9-3-5-10(6-4-9)13(14,15)16/h3-6,8,11,19H,7H2,1-2H3,(H2,17,18,20). The topological polar surface area (TPSA) is 61.4 Å². The molecule has 1 atom stereocenters. The Bertz CT molecular complexity index is 444. The van der Waals surface area contributed by atoms with Gasteiger partial charge < -0.3 is 15.7 Å². The third-order valence-corrected chi connectivity index (χ3v) is 2.50. The van der Waals surface area contributed by atoms with Crippen molar-refractivity contribution in [2.75, 3.05) is 6.54 Å². The van der Waals surface area contributed by atoms with Gasteiger partial charge in [0.25, 0.3) is 0 Å². The van der Waals surface area contributed by atoms with Crippen molar-refractivity contribution < 1.29 is 23.1 Å². The van der Waals surface area contributed by atoms with E-state index in [-0.39, 0.29) is 12.6 Å². The van der Waals surface area contributed by atoms with Crippen molar-refractivity contribution in [3.05, 3.63) is 35.4 Å². The molecule has 0 saturated heterocycles. The number of nitrogens with one attached hydrogen (secondary N) is 2. The smallest absolute Gasteiger partial charge is 0.387 e. The monoisotopic (exact) mass is 290 g/mol. The average Bonchev–Trinajstić information content (AvgIpc) is 2.34. The predicted octanol–water partition coefficient (Wildman–Crippen LogP) is 2.45. The molecular weight excluding hydrogens is 273 g/mol. The first kappa shape index (κ1) is 16.3. The molecule has 112 valence electrons. The molecular formula is C13H17F3N2O2. The van der Waals surface area contributed by atoms with E-state index in [2.05, 4.69) is 10.6 Å². The van der Waals surface area contributed by atoms with Gasteiger partial charge in [-0.2, -0.15) is 13.2 Å². The Morgan fingerprint density at radius 2 is 1.80 bits per heavy atom. The number of aliphatic hydroxyl groups is 1. The molecule has 0 aliphatic carbocycles. The first-order valence-electron chi connectivity index (χ1n) is 6.09. The van der Waals surface area contributed by atoms with Gasteiger partial charge in [-0.15, -0.1) is 0 Å². The summed E-state index contributed by atoms with van der Waals surface area (Å²) >= 11 is 0. The van der Waals surface area contributed by atoms with Gasteiger partial charge in [-0.1, -0.05) is 12.1 Å². The van der Waals surface area contributed by atoms with Crippen LogP contribution in [0, 0.1) is 0 Å². The highest BCUT2D eigenvalue weighted by atomic mass is 19.4. The van der Waals surface area contributed by atoms with E-state index in [4.69, 9.17) is 0 Å². The molecule has 0 aliphatic rings. The Balaban J connectivity index is 2.56. The molecule has 0 bridgehead atoms.